The van der Waals surface area contributed by atoms with E-state index in [2.05, 4.69) is 23.8 Å². The summed E-state index contributed by atoms with van der Waals surface area (Å²) >= 11 is 0. The van der Waals surface area contributed by atoms with Crippen LogP contribution in [0.1, 0.15) is 5.56 Å². The maximum absolute atomic E-state index is 3.96. The predicted molar refractivity (Wildman–Crippen MR) is 47.0 cm³/mol. The van der Waals surface area contributed by atoms with Crippen molar-refractivity contribution >= 4 is 8.58 Å². The summed E-state index contributed by atoms with van der Waals surface area (Å²) in [5.74, 6) is 0. The zero-order valence-electron chi connectivity index (χ0n) is 6.17. The van der Waals surface area contributed by atoms with Crippen LogP contribution < -0.4 is 0 Å². The fourth-order valence-corrected chi connectivity index (χ4v) is 1.36. The molecule has 0 aliphatic heterocycles. The van der Waals surface area contributed by atoms with Gasteiger partial charge in [-0.2, -0.15) is 0 Å². The van der Waals surface area contributed by atoms with Gasteiger partial charge in [-0.3, -0.25) is 4.98 Å². The van der Waals surface area contributed by atoms with Crippen LogP contribution in [0.3, 0.4) is 0 Å². The molecule has 0 aliphatic carbocycles. The molecule has 1 unspecified atom stereocenters. The number of hydrogen-bond acceptors (Lipinski definition) is 1. The van der Waals surface area contributed by atoms with Crippen LogP contribution in [0.5, 0.6) is 0 Å². The fourth-order valence-electron chi connectivity index (χ4n) is 0.819. The first-order valence-corrected chi connectivity index (χ1v) is 5.17. The number of aryl methyl sites for hydroxylation is 1. The molecule has 2 heteroatoms. The minimum Gasteiger partial charge on any atom is -0.265 e. The number of rotatable bonds is 3. The minimum absolute atomic E-state index is 1.06. The normalized spacial score (nSPS) is 10.9. The molecule has 0 radical (unpaired) electrons. The standard InChI is InChI=1S/C8H12NP/c1-10-7-4-8-2-5-9-6-3-8/h2-3,5-6,10H,4,7H2,1H3. The summed E-state index contributed by atoms with van der Waals surface area (Å²) in [4.78, 5) is 3.96. The van der Waals surface area contributed by atoms with Crippen LogP contribution in [0.15, 0.2) is 24.5 Å². The Morgan fingerprint density at radius 1 is 1.40 bits per heavy atom. The fraction of sp³-hybridized carbons (Fsp3) is 0.375. The third-order valence-electron chi connectivity index (χ3n) is 1.41. The Kier molecular flexibility index (Phi) is 3.38. The van der Waals surface area contributed by atoms with Gasteiger partial charge in [0.2, 0.25) is 0 Å². The van der Waals surface area contributed by atoms with E-state index in [-0.39, 0.29) is 0 Å². The molecular weight excluding hydrogens is 141 g/mol. The summed E-state index contributed by atoms with van der Waals surface area (Å²) in [6.07, 6.45) is 6.23. The van der Waals surface area contributed by atoms with E-state index in [1.807, 2.05) is 12.4 Å². The second kappa shape index (κ2) is 4.40. The van der Waals surface area contributed by atoms with Crippen molar-refractivity contribution in [1.29, 1.82) is 0 Å². The second-order valence-electron chi connectivity index (χ2n) is 2.21. The third kappa shape index (κ3) is 2.45. The Bertz CT molecular complexity index is 174. The average Bonchev–Trinajstić information content (AvgIpc) is 2.03. The summed E-state index contributed by atoms with van der Waals surface area (Å²) in [6.45, 7) is 2.24. The lowest BCUT2D eigenvalue weighted by molar-refractivity contribution is 1.13. The van der Waals surface area contributed by atoms with Gasteiger partial charge < -0.3 is 0 Å². The van der Waals surface area contributed by atoms with Crippen LogP contribution in [0, 0.1) is 0 Å². The summed E-state index contributed by atoms with van der Waals surface area (Å²) in [6, 6.07) is 4.17. The van der Waals surface area contributed by atoms with Crippen LogP contribution in [0.2, 0.25) is 0 Å². The van der Waals surface area contributed by atoms with Crippen molar-refractivity contribution in [2.45, 2.75) is 6.42 Å². The zero-order valence-corrected chi connectivity index (χ0v) is 7.17. The highest BCUT2D eigenvalue weighted by Crippen LogP contribution is 2.06. The van der Waals surface area contributed by atoms with Crippen molar-refractivity contribution < 1.29 is 0 Å². The zero-order chi connectivity index (χ0) is 7.23. The van der Waals surface area contributed by atoms with Crippen molar-refractivity contribution in [1.82, 2.24) is 4.98 Å². The molecule has 1 nitrogen and oxygen atoms in total. The number of pyridine rings is 1. The summed E-state index contributed by atoms with van der Waals surface area (Å²) < 4.78 is 0. The van der Waals surface area contributed by atoms with E-state index in [1.54, 1.807) is 0 Å². The van der Waals surface area contributed by atoms with Crippen LogP contribution in [0.4, 0.5) is 0 Å². The molecule has 0 fully saturated rings. The molecule has 10 heavy (non-hydrogen) atoms. The first-order chi connectivity index (χ1) is 4.93. The van der Waals surface area contributed by atoms with E-state index in [0.717, 1.165) is 8.58 Å². The first-order valence-electron chi connectivity index (χ1n) is 3.47. The highest BCUT2D eigenvalue weighted by atomic mass is 31.1. The Morgan fingerprint density at radius 2 is 2.10 bits per heavy atom. The van der Waals surface area contributed by atoms with E-state index in [0.29, 0.717) is 0 Å². The van der Waals surface area contributed by atoms with Crippen LogP contribution in [0.25, 0.3) is 0 Å². The van der Waals surface area contributed by atoms with Gasteiger partial charge in [-0.05, 0) is 36.9 Å². The molecule has 0 spiro atoms. The SMILES string of the molecule is CPCCc1ccncc1. The Hall–Kier alpha value is -0.420. The number of nitrogens with zero attached hydrogens (tertiary/aromatic N) is 1. The molecule has 0 amide bonds. The maximum Gasteiger partial charge on any atom is 0.0270 e. The van der Waals surface area contributed by atoms with Crippen LogP contribution >= 0.6 is 8.58 Å². The molecule has 1 aromatic rings. The molecule has 0 bridgehead atoms. The quantitative estimate of drug-likeness (QED) is 0.604. The average molecular weight is 153 g/mol. The van der Waals surface area contributed by atoms with E-state index >= 15 is 0 Å². The molecule has 0 saturated heterocycles. The van der Waals surface area contributed by atoms with Gasteiger partial charge in [0.15, 0.2) is 0 Å². The van der Waals surface area contributed by atoms with Crippen molar-refractivity contribution in [2.24, 2.45) is 0 Å². The lowest BCUT2D eigenvalue weighted by atomic mass is 10.2. The summed E-state index contributed by atoms with van der Waals surface area (Å²) in [5.41, 5.74) is 1.41. The second-order valence-corrected chi connectivity index (χ2v) is 3.42. The first kappa shape index (κ1) is 7.68. The molecule has 0 aromatic carbocycles. The molecule has 1 aromatic heterocycles. The number of aromatic nitrogens is 1. The number of hydrogen-bond donors (Lipinski definition) is 0. The molecule has 1 rings (SSSR count). The Labute approximate surface area is 63.7 Å². The van der Waals surface area contributed by atoms with Crippen LogP contribution in [-0.4, -0.2) is 17.8 Å². The van der Waals surface area contributed by atoms with E-state index in [9.17, 15) is 0 Å². The Balaban J connectivity index is 2.43. The van der Waals surface area contributed by atoms with Gasteiger partial charge in [-0.1, -0.05) is 0 Å². The highest BCUT2D eigenvalue weighted by Gasteiger charge is 1.87. The van der Waals surface area contributed by atoms with Gasteiger partial charge >= 0.3 is 0 Å². The smallest absolute Gasteiger partial charge is 0.0270 e. The lowest BCUT2D eigenvalue weighted by Gasteiger charge is -1.96. The molecule has 0 aliphatic rings. The minimum atomic E-state index is 1.06. The highest BCUT2D eigenvalue weighted by molar-refractivity contribution is 7.36. The topological polar surface area (TPSA) is 12.9 Å². The van der Waals surface area contributed by atoms with Gasteiger partial charge in [-0.15, -0.1) is 8.58 Å². The van der Waals surface area contributed by atoms with Crippen molar-refractivity contribution in [2.75, 3.05) is 12.8 Å². The lowest BCUT2D eigenvalue weighted by Crippen LogP contribution is -1.85. The molecule has 1 heterocycles. The third-order valence-corrected chi connectivity index (χ3v) is 2.16. The van der Waals surface area contributed by atoms with Crippen LogP contribution in [-0.2, 0) is 6.42 Å². The van der Waals surface area contributed by atoms with E-state index in [4.69, 9.17) is 0 Å². The summed E-state index contributed by atoms with van der Waals surface area (Å²) in [7, 11) is 1.06. The molecule has 0 N–H and O–H groups in total. The van der Waals surface area contributed by atoms with Gasteiger partial charge in [-0.25, -0.2) is 0 Å². The Morgan fingerprint density at radius 3 is 2.70 bits per heavy atom. The molecule has 1 atom stereocenters. The van der Waals surface area contributed by atoms with Gasteiger partial charge in [0.1, 0.15) is 0 Å². The van der Waals surface area contributed by atoms with E-state index < -0.39 is 0 Å². The monoisotopic (exact) mass is 153 g/mol. The molecular formula is C8H12NP. The summed E-state index contributed by atoms with van der Waals surface area (Å²) in [5, 5.41) is 0. The van der Waals surface area contributed by atoms with Crippen molar-refractivity contribution in [3.8, 4) is 0 Å². The van der Waals surface area contributed by atoms with Crippen molar-refractivity contribution in [3.63, 3.8) is 0 Å². The predicted octanol–water partition coefficient (Wildman–Crippen LogP) is 1.93. The maximum atomic E-state index is 3.96. The van der Waals surface area contributed by atoms with Crippen molar-refractivity contribution in [3.05, 3.63) is 30.1 Å². The largest absolute Gasteiger partial charge is 0.265 e. The molecule has 0 saturated carbocycles. The van der Waals surface area contributed by atoms with Gasteiger partial charge in [0, 0.05) is 12.4 Å². The van der Waals surface area contributed by atoms with Gasteiger partial charge in [0.25, 0.3) is 0 Å². The van der Waals surface area contributed by atoms with E-state index in [1.165, 1.54) is 18.1 Å². The molecule has 54 valence electrons. The van der Waals surface area contributed by atoms with Gasteiger partial charge in [0.05, 0.1) is 0 Å².